The minimum absolute atomic E-state index is 0.0782. The quantitative estimate of drug-likeness (QED) is 0.374. The predicted octanol–water partition coefficient (Wildman–Crippen LogP) is 7.30. The van der Waals surface area contributed by atoms with Crippen molar-refractivity contribution in [2.75, 3.05) is 6.61 Å². The second-order valence-corrected chi connectivity index (χ2v) is 8.40. The zero-order valence-corrected chi connectivity index (χ0v) is 17.1. The van der Waals surface area contributed by atoms with Gasteiger partial charge < -0.3 is 4.74 Å². The van der Waals surface area contributed by atoms with E-state index in [-0.39, 0.29) is 11.1 Å². The third kappa shape index (κ3) is 4.18. The Kier molecular flexibility index (Phi) is 6.28. The van der Waals surface area contributed by atoms with Crippen LogP contribution in [0.3, 0.4) is 0 Å². The van der Waals surface area contributed by atoms with E-state index in [0.29, 0.717) is 17.9 Å². The largest absolute Gasteiger partial charge is 0.378 e. The summed E-state index contributed by atoms with van der Waals surface area (Å²) in [4.78, 5) is 0. The Bertz CT molecular complexity index is 944. The highest BCUT2D eigenvalue weighted by atomic mass is 19.2. The molecule has 0 spiro atoms. The summed E-state index contributed by atoms with van der Waals surface area (Å²) in [5.41, 5.74) is 1.44. The molecule has 3 atom stereocenters. The van der Waals surface area contributed by atoms with Crippen LogP contribution in [-0.2, 0) is 4.74 Å². The molecule has 1 heterocycles. The van der Waals surface area contributed by atoms with Crippen LogP contribution in [0.5, 0.6) is 0 Å². The fraction of sp³-hybridized carbons (Fsp3) is 0.440. The Hall–Kier alpha value is -2.14. The zero-order chi connectivity index (χ0) is 21.3. The number of hydrogen-bond donors (Lipinski definition) is 0. The van der Waals surface area contributed by atoms with E-state index < -0.39 is 23.3 Å². The van der Waals surface area contributed by atoms with Gasteiger partial charge in [-0.3, -0.25) is 0 Å². The average Bonchev–Trinajstić information content (AvgIpc) is 2.78. The van der Waals surface area contributed by atoms with E-state index in [4.69, 9.17) is 4.74 Å². The van der Waals surface area contributed by atoms with Crippen molar-refractivity contribution in [1.29, 1.82) is 0 Å². The van der Waals surface area contributed by atoms with E-state index in [1.54, 1.807) is 6.07 Å². The highest BCUT2D eigenvalue weighted by molar-refractivity contribution is 5.71. The molecule has 1 aliphatic carbocycles. The van der Waals surface area contributed by atoms with E-state index >= 15 is 0 Å². The molecule has 0 N–H and O–H groups in total. The van der Waals surface area contributed by atoms with Gasteiger partial charge in [0.05, 0.1) is 6.10 Å². The van der Waals surface area contributed by atoms with Gasteiger partial charge in [-0.05, 0) is 73.3 Å². The van der Waals surface area contributed by atoms with E-state index in [1.165, 1.54) is 18.6 Å². The molecule has 160 valence electrons. The summed E-state index contributed by atoms with van der Waals surface area (Å²) in [5.74, 6) is -3.74. The maximum atomic E-state index is 14.7. The number of ether oxygens (including phenoxy) is 1. The maximum absolute atomic E-state index is 14.7. The first-order chi connectivity index (χ1) is 14.5. The van der Waals surface area contributed by atoms with Gasteiger partial charge in [-0.15, -0.1) is 0 Å². The summed E-state index contributed by atoms with van der Waals surface area (Å²) in [7, 11) is 0. The molecular formula is C25H26F4O. The van der Waals surface area contributed by atoms with Crippen LogP contribution in [0.15, 0.2) is 36.4 Å². The monoisotopic (exact) mass is 418 g/mol. The van der Waals surface area contributed by atoms with Gasteiger partial charge in [-0.1, -0.05) is 31.6 Å². The highest BCUT2D eigenvalue weighted by Crippen LogP contribution is 2.37. The number of allylic oxidation sites excluding steroid dienone is 2. The summed E-state index contributed by atoms with van der Waals surface area (Å²) in [5, 5.41) is 0. The number of rotatable bonds is 4. The lowest BCUT2D eigenvalue weighted by Gasteiger charge is -2.35. The Balaban J connectivity index is 1.48. The smallest absolute Gasteiger partial charge is 0.195 e. The van der Waals surface area contributed by atoms with E-state index in [0.717, 1.165) is 62.0 Å². The zero-order valence-electron chi connectivity index (χ0n) is 17.1. The van der Waals surface area contributed by atoms with Gasteiger partial charge in [-0.25, -0.2) is 17.6 Å². The van der Waals surface area contributed by atoms with E-state index in [9.17, 15) is 17.6 Å². The van der Waals surface area contributed by atoms with Crippen LogP contribution >= 0.6 is 0 Å². The van der Waals surface area contributed by atoms with Crippen molar-refractivity contribution in [1.82, 2.24) is 0 Å². The Morgan fingerprint density at radius 3 is 2.33 bits per heavy atom. The van der Waals surface area contributed by atoms with Crippen molar-refractivity contribution < 1.29 is 22.3 Å². The summed E-state index contributed by atoms with van der Waals surface area (Å²) in [6.07, 6.45) is 8.68. The molecule has 1 nitrogen and oxygen atoms in total. The van der Waals surface area contributed by atoms with Crippen molar-refractivity contribution in [2.24, 2.45) is 11.8 Å². The van der Waals surface area contributed by atoms with Gasteiger partial charge in [0.15, 0.2) is 17.5 Å². The summed E-state index contributed by atoms with van der Waals surface area (Å²) in [6, 6.07) is 6.37. The molecule has 3 unspecified atom stereocenters. The van der Waals surface area contributed by atoms with Crippen molar-refractivity contribution in [2.45, 2.75) is 51.6 Å². The summed E-state index contributed by atoms with van der Waals surface area (Å²) < 4.78 is 61.5. The van der Waals surface area contributed by atoms with Crippen LogP contribution in [-0.4, -0.2) is 12.7 Å². The molecule has 2 aromatic rings. The van der Waals surface area contributed by atoms with Gasteiger partial charge >= 0.3 is 0 Å². The number of hydrogen-bond acceptors (Lipinski definition) is 1. The van der Waals surface area contributed by atoms with Gasteiger partial charge in [0.2, 0.25) is 0 Å². The Morgan fingerprint density at radius 1 is 0.900 bits per heavy atom. The molecular weight excluding hydrogens is 392 g/mol. The third-order valence-corrected chi connectivity index (χ3v) is 6.63. The van der Waals surface area contributed by atoms with Crippen LogP contribution in [0.25, 0.3) is 16.7 Å². The second-order valence-electron chi connectivity index (χ2n) is 8.40. The molecule has 1 fully saturated rings. The highest BCUT2D eigenvalue weighted by Gasteiger charge is 2.29. The molecule has 2 aliphatic rings. The lowest BCUT2D eigenvalue weighted by molar-refractivity contribution is -0.0494. The van der Waals surface area contributed by atoms with Crippen LogP contribution in [0, 0.1) is 35.1 Å². The summed E-state index contributed by atoms with van der Waals surface area (Å²) >= 11 is 0. The standard InChI is InChI=1S/C25H26F4O/c1-2-15-3-12-23(30-14-15)17-6-4-16(5-7-17)18-8-9-19(22(27)13-18)20-10-11-21(26)25(29)24(20)28/h4,8-11,13,15,17,23H,2-3,5-7,12,14H2,1H3. The van der Waals surface area contributed by atoms with E-state index in [1.807, 2.05) is 0 Å². The topological polar surface area (TPSA) is 9.23 Å². The maximum Gasteiger partial charge on any atom is 0.195 e. The fourth-order valence-corrected chi connectivity index (χ4v) is 4.64. The SMILES string of the molecule is CCC1CCC(C2CC=C(c3ccc(-c4ccc(F)c(F)c4F)c(F)c3)CC2)OC1. The normalized spacial score (nSPS) is 24.6. The molecule has 1 aliphatic heterocycles. The minimum atomic E-state index is -1.59. The lowest BCUT2D eigenvalue weighted by Crippen LogP contribution is -2.32. The van der Waals surface area contributed by atoms with Crippen molar-refractivity contribution in [3.8, 4) is 11.1 Å². The number of halogens is 4. The van der Waals surface area contributed by atoms with Gasteiger partial charge in [0.1, 0.15) is 5.82 Å². The Labute approximate surface area is 174 Å². The first-order valence-electron chi connectivity index (χ1n) is 10.7. The molecule has 0 saturated carbocycles. The number of benzene rings is 2. The molecule has 0 aromatic heterocycles. The van der Waals surface area contributed by atoms with Gasteiger partial charge in [0, 0.05) is 17.7 Å². The molecule has 30 heavy (non-hydrogen) atoms. The van der Waals surface area contributed by atoms with Crippen LogP contribution in [0.4, 0.5) is 17.6 Å². The molecule has 1 saturated heterocycles. The first-order valence-corrected chi connectivity index (χ1v) is 10.7. The molecule has 0 amide bonds. The van der Waals surface area contributed by atoms with Crippen molar-refractivity contribution >= 4 is 5.57 Å². The fourth-order valence-electron chi connectivity index (χ4n) is 4.64. The molecule has 5 heteroatoms. The predicted molar refractivity (Wildman–Crippen MR) is 110 cm³/mol. The molecule has 0 radical (unpaired) electrons. The molecule has 4 rings (SSSR count). The average molecular weight is 418 g/mol. The van der Waals surface area contributed by atoms with Gasteiger partial charge in [-0.2, -0.15) is 0 Å². The van der Waals surface area contributed by atoms with Gasteiger partial charge in [0.25, 0.3) is 0 Å². The van der Waals surface area contributed by atoms with Crippen LogP contribution in [0.1, 0.15) is 51.0 Å². The first kappa shape index (κ1) is 21.1. The Morgan fingerprint density at radius 2 is 1.70 bits per heavy atom. The third-order valence-electron chi connectivity index (χ3n) is 6.63. The molecule has 2 aromatic carbocycles. The van der Waals surface area contributed by atoms with Crippen molar-refractivity contribution in [3.05, 3.63) is 65.2 Å². The molecule has 0 bridgehead atoms. The minimum Gasteiger partial charge on any atom is -0.378 e. The van der Waals surface area contributed by atoms with Crippen molar-refractivity contribution in [3.63, 3.8) is 0 Å². The van der Waals surface area contributed by atoms with Crippen LogP contribution in [0.2, 0.25) is 0 Å². The van der Waals surface area contributed by atoms with E-state index in [2.05, 4.69) is 13.0 Å². The second kappa shape index (κ2) is 8.93. The lowest BCUT2D eigenvalue weighted by atomic mass is 9.80. The summed E-state index contributed by atoms with van der Waals surface area (Å²) in [6.45, 7) is 3.05. The van der Waals surface area contributed by atoms with Crippen LogP contribution < -0.4 is 0 Å².